The van der Waals surface area contributed by atoms with Gasteiger partial charge in [0.1, 0.15) is 5.69 Å². The average molecular weight is 280 g/mol. The highest BCUT2D eigenvalue weighted by atomic mass is 16.6. The number of hydrogen-bond donors (Lipinski definition) is 1. The molecular formula is C14H20N2O4. The van der Waals surface area contributed by atoms with E-state index in [1.165, 1.54) is 18.2 Å². The van der Waals surface area contributed by atoms with Crippen molar-refractivity contribution in [2.24, 2.45) is 5.92 Å². The fraction of sp³-hybridized carbons (Fsp3) is 0.500. The summed E-state index contributed by atoms with van der Waals surface area (Å²) in [6.07, 6.45) is 0.866. The van der Waals surface area contributed by atoms with Crippen molar-refractivity contribution in [2.75, 3.05) is 11.9 Å². The molecule has 0 aliphatic carbocycles. The summed E-state index contributed by atoms with van der Waals surface area (Å²) in [5.74, 6) is -0.639. The SMILES string of the molecule is CC(C)CC(C)N(C)c1cc(C(=O)O)ccc1[N+](=O)[O-]. The molecule has 0 spiro atoms. The summed E-state index contributed by atoms with van der Waals surface area (Å²) >= 11 is 0. The third-order valence-electron chi connectivity index (χ3n) is 3.27. The van der Waals surface area contributed by atoms with Gasteiger partial charge in [0.15, 0.2) is 0 Å². The van der Waals surface area contributed by atoms with E-state index in [0.29, 0.717) is 11.6 Å². The van der Waals surface area contributed by atoms with Crippen LogP contribution >= 0.6 is 0 Å². The number of carboxylic acid groups (broad SMARTS) is 1. The van der Waals surface area contributed by atoms with Crippen LogP contribution in [0.15, 0.2) is 18.2 Å². The maximum Gasteiger partial charge on any atom is 0.335 e. The summed E-state index contributed by atoms with van der Waals surface area (Å²) in [6, 6.07) is 3.94. The smallest absolute Gasteiger partial charge is 0.335 e. The molecule has 0 radical (unpaired) electrons. The highest BCUT2D eigenvalue weighted by molar-refractivity contribution is 5.90. The van der Waals surface area contributed by atoms with Crippen molar-refractivity contribution in [2.45, 2.75) is 33.2 Å². The predicted molar refractivity (Wildman–Crippen MR) is 77.4 cm³/mol. The van der Waals surface area contributed by atoms with E-state index in [1.807, 2.05) is 6.92 Å². The third kappa shape index (κ3) is 3.69. The fourth-order valence-corrected chi connectivity index (χ4v) is 2.17. The maximum atomic E-state index is 11.1. The van der Waals surface area contributed by atoms with Crippen molar-refractivity contribution in [1.29, 1.82) is 0 Å². The molecule has 110 valence electrons. The molecule has 0 heterocycles. The van der Waals surface area contributed by atoms with E-state index in [1.54, 1.807) is 11.9 Å². The minimum Gasteiger partial charge on any atom is -0.478 e. The minimum atomic E-state index is -1.09. The number of benzene rings is 1. The first-order valence-corrected chi connectivity index (χ1v) is 6.48. The molecule has 0 aliphatic rings. The van der Waals surface area contributed by atoms with Crippen LogP contribution in [0.3, 0.4) is 0 Å². The summed E-state index contributed by atoms with van der Waals surface area (Å²) in [5.41, 5.74) is 0.311. The lowest BCUT2D eigenvalue weighted by atomic mass is 10.0. The van der Waals surface area contributed by atoms with E-state index in [2.05, 4.69) is 13.8 Å². The summed E-state index contributed by atoms with van der Waals surface area (Å²) in [7, 11) is 1.75. The van der Waals surface area contributed by atoms with Gasteiger partial charge in [-0.3, -0.25) is 10.1 Å². The molecule has 6 heteroatoms. The van der Waals surface area contributed by atoms with E-state index in [9.17, 15) is 14.9 Å². The van der Waals surface area contributed by atoms with Gasteiger partial charge in [0.25, 0.3) is 5.69 Å². The maximum absolute atomic E-state index is 11.1. The molecule has 0 amide bonds. The Morgan fingerprint density at radius 2 is 2.00 bits per heavy atom. The molecule has 20 heavy (non-hydrogen) atoms. The number of carboxylic acids is 1. The van der Waals surface area contributed by atoms with Crippen molar-refractivity contribution in [3.63, 3.8) is 0 Å². The summed E-state index contributed by atoms with van der Waals surface area (Å²) in [5, 5.41) is 20.1. The first-order valence-electron chi connectivity index (χ1n) is 6.48. The number of aromatic carboxylic acids is 1. The molecule has 0 bridgehead atoms. The first-order chi connectivity index (χ1) is 9.23. The normalized spacial score (nSPS) is 12.2. The monoisotopic (exact) mass is 280 g/mol. The van der Waals surface area contributed by atoms with Gasteiger partial charge in [0.2, 0.25) is 0 Å². The molecule has 1 N–H and O–H groups in total. The van der Waals surface area contributed by atoms with Crippen molar-refractivity contribution >= 4 is 17.3 Å². The number of hydrogen-bond acceptors (Lipinski definition) is 4. The lowest BCUT2D eigenvalue weighted by Gasteiger charge is -2.28. The van der Waals surface area contributed by atoms with Gasteiger partial charge in [0.05, 0.1) is 10.5 Å². The average Bonchev–Trinajstić information content (AvgIpc) is 2.35. The van der Waals surface area contributed by atoms with Crippen LogP contribution in [0.25, 0.3) is 0 Å². The van der Waals surface area contributed by atoms with E-state index >= 15 is 0 Å². The zero-order valence-electron chi connectivity index (χ0n) is 12.2. The van der Waals surface area contributed by atoms with E-state index < -0.39 is 10.9 Å². The van der Waals surface area contributed by atoms with Crippen molar-refractivity contribution in [3.8, 4) is 0 Å². The quantitative estimate of drug-likeness (QED) is 0.639. The van der Waals surface area contributed by atoms with Gasteiger partial charge >= 0.3 is 5.97 Å². The predicted octanol–water partition coefficient (Wildman–Crippen LogP) is 3.16. The van der Waals surface area contributed by atoms with Crippen LogP contribution in [-0.2, 0) is 0 Å². The Bertz CT molecular complexity index is 514. The number of nitro benzene ring substituents is 1. The van der Waals surface area contributed by atoms with Crippen LogP contribution in [0.1, 0.15) is 37.6 Å². The van der Waals surface area contributed by atoms with Crippen LogP contribution in [0.4, 0.5) is 11.4 Å². The molecule has 1 rings (SSSR count). The van der Waals surface area contributed by atoms with Gasteiger partial charge in [-0.25, -0.2) is 4.79 Å². The Kier molecular flexibility index (Phi) is 5.07. The van der Waals surface area contributed by atoms with Crippen LogP contribution in [0.2, 0.25) is 0 Å². The molecular weight excluding hydrogens is 260 g/mol. The molecule has 1 unspecified atom stereocenters. The minimum absolute atomic E-state index is 0.0502. The molecule has 0 fully saturated rings. The van der Waals surface area contributed by atoms with Crippen molar-refractivity contribution < 1.29 is 14.8 Å². The van der Waals surface area contributed by atoms with Gasteiger partial charge in [0, 0.05) is 19.2 Å². The Morgan fingerprint density at radius 3 is 2.45 bits per heavy atom. The molecule has 1 aromatic carbocycles. The van der Waals surface area contributed by atoms with Gasteiger partial charge < -0.3 is 10.0 Å². The second-order valence-electron chi connectivity index (χ2n) is 5.36. The molecule has 0 saturated heterocycles. The molecule has 1 aromatic rings. The van der Waals surface area contributed by atoms with Gasteiger partial charge in [-0.2, -0.15) is 0 Å². The van der Waals surface area contributed by atoms with Crippen LogP contribution in [0, 0.1) is 16.0 Å². The number of carbonyl (C=O) groups is 1. The first kappa shape index (κ1) is 15.9. The van der Waals surface area contributed by atoms with Crippen LogP contribution in [-0.4, -0.2) is 29.1 Å². The molecule has 1 atom stereocenters. The third-order valence-corrected chi connectivity index (χ3v) is 3.27. The molecule has 6 nitrogen and oxygen atoms in total. The summed E-state index contributed by atoms with van der Waals surface area (Å²) < 4.78 is 0. The fourth-order valence-electron chi connectivity index (χ4n) is 2.17. The largest absolute Gasteiger partial charge is 0.478 e. The lowest BCUT2D eigenvalue weighted by Crippen LogP contribution is -2.30. The standard InChI is InChI=1S/C14H20N2O4/c1-9(2)7-10(3)15(4)13-8-11(14(17)18)5-6-12(13)16(19)20/h5-6,8-10H,7H2,1-4H3,(H,17,18). The Morgan fingerprint density at radius 1 is 1.40 bits per heavy atom. The zero-order chi connectivity index (χ0) is 15.4. The van der Waals surface area contributed by atoms with E-state index in [0.717, 1.165) is 6.42 Å². The van der Waals surface area contributed by atoms with Gasteiger partial charge in [-0.15, -0.1) is 0 Å². The topological polar surface area (TPSA) is 83.7 Å². The van der Waals surface area contributed by atoms with Gasteiger partial charge in [-0.1, -0.05) is 13.8 Å². The lowest BCUT2D eigenvalue weighted by molar-refractivity contribution is -0.384. The Hall–Kier alpha value is -2.11. The van der Waals surface area contributed by atoms with E-state index in [4.69, 9.17) is 5.11 Å². The van der Waals surface area contributed by atoms with Crippen LogP contribution in [0.5, 0.6) is 0 Å². The highest BCUT2D eigenvalue weighted by Crippen LogP contribution is 2.30. The second-order valence-corrected chi connectivity index (χ2v) is 5.36. The number of rotatable bonds is 6. The molecule has 0 saturated carbocycles. The Labute approximate surface area is 118 Å². The number of nitrogens with zero attached hydrogens (tertiary/aromatic N) is 2. The molecule has 0 aliphatic heterocycles. The second kappa shape index (κ2) is 6.36. The van der Waals surface area contributed by atoms with Crippen molar-refractivity contribution in [3.05, 3.63) is 33.9 Å². The summed E-state index contributed by atoms with van der Waals surface area (Å²) in [6.45, 7) is 6.12. The number of anilines is 1. The van der Waals surface area contributed by atoms with Gasteiger partial charge in [-0.05, 0) is 31.4 Å². The zero-order valence-corrected chi connectivity index (χ0v) is 12.2. The Balaban J connectivity index is 3.21. The van der Waals surface area contributed by atoms with Crippen LogP contribution < -0.4 is 4.90 Å². The van der Waals surface area contributed by atoms with E-state index in [-0.39, 0.29) is 17.3 Å². The van der Waals surface area contributed by atoms with Crippen molar-refractivity contribution in [1.82, 2.24) is 0 Å². The number of nitro groups is 1. The highest BCUT2D eigenvalue weighted by Gasteiger charge is 2.22. The molecule has 0 aromatic heterocycles. The summed E-state index contributed by atoms with van der Waals surface area (Å²) in [4.78, 5) is 23.4.